The molecule has 104 valence electrons. The summed E-state index contributed by atoms with van der Waals surface area (Å²) in [7, 11) is 0. The summed E-state index contributed by atoms with van der Waals surface area (Å²) < 4.78 is 0.0391. The van der Waals surface area contributed by atoms with Gasteiger partial charge in [0, 0.05) is 23.6 Å². The second-order valence-corrected chi connectivity index (χ2v) is 7.18. The summed E-state index contributed by atoms with van der Waals surface area (Å²) in [4.78, 5) is 20.6. The average molecular weight is 303 g/mol. The minimum Gasteiger partial charge on any atom is -0.349 e. The van der Waals surface area contributed by atoms with E-state index >= 15 is 0 Å². The minimum absolute atomic E-state index is 0.0391. The van der Waals surface area contributed by atoms with Gasteiger partial charge in [-0.3, -0.25) is 10.1 Å². The van der Waals surface area contributed by atoms with E-state index < -0.39 is 4.92 Å². The van der Waals surface area contributed by atoms with Crippen molar-refractivity contribution in [1.29, 1.82) is 0 Å². The summed E-state index contributed by atoms with van der Waals surface area (Å²) in [5, 5.41) is 11.3. The first kappa shape index (κ1) is 14.3. The topological polar surface area (TPSA) is 72.2 Å². The number of aromatic nitrogens is 2. The van der Waals surface area contributed by atoms with Crippen molar-refractivity contribution < 1.29 is 4.92 Å². The Morgan fingerprint density at radius 1 is 1.47 bits per heavy atom. The highest BCUT2D eigenvalue weighted by atomic mass is 35.5. The first-order chi connectivity index (χ1) is 8.80. The van der Waals surface area contributed by atoms with Crippen LogP contribution in [0.25, 0.3) is 0 Å². The molecule has 0 N–H and O–H groups in total. The van der Waals surface area contributed by atoms with E-state index in [9.17, 15) is 10.1 Å². The van der Waals surface area contributed by atoms with Crippen LogP contribution in [0.2, 0.25) is 5.28 Å². The lowest BCUT2D eigenvalue weighted by atomic mass is 10.2. The van der Waals surface area contributed by atoms with Crippen molar-refractivity contribution in [2.75, 3.05) is 23.7 Å². The van der Waals surface area contributed by atoms with Crippen LogP contribution in [0, 0.1) is 17.0 Å². The van der Waals surface area contributed by atoms with Gasteiger partial charge in [0.1, 0.15) is 5.69 Å². The Bertz CT molecular complexity index is 524. The van der Waals surface area contributed by atoms with Crippen molar-refractivity contribution in [2.24, 2.45) is 0 Å². The van der Waals surface area contributed by atoms with E-state index in [-0.39, 0.29) is 15.7 Å². The summed E-state index contributed by atoms with van der Waals surface area (Å²) in [5.74, 6) is 1.24. The lowest BCUT2D eigenvalue weighted by molar-refractivity contribution is -0.385. The molecular formula is C11H15ClN4O2S. The number of halogens is 1. The molecular weight excluding hydrogens is 288 g/mol. The summed E-state index contributed by atoms with van der Waals surface area (Å²) in [6.07, 6.45) is 0. The van der Waals surface area contributed by atoms with Gasteiger partial charge in [0.15, 0.2) is 0 Å². The molecule has 6 nitrogen and oxygen atoms in total. The number of hydrogen-bond acceptors (Lipinski definition) is 6. The average Bonchev–Trinajstić information content (AvgIpc) is 2.25. The maximum Gasteiger partial charge on any atom is 0.332 e. The molecule has 0 unspecified atom stereocenters. The fourth-order valence-electron chi connectivity index (χ4n) is 2.15. The molecule has 0 radical (unpaired) electrons. The predicted molar refractivity (Wildman–Crippen MR) is 77.2 cm³/mol. The van der Waals surface area contributed by atoms with Crippen LogP contribution in [-0.2, 0) is 0 Å². The number of nitro groups is 1. The van der Waals surface area contributed by atoms with E-state index in [4.69, 9.17) is 11.6 Å². The van der Waals surface area contributed by atoms with Gasteiger partial charge in [-0.25, -0.2) is 4.98 Å². The molecule has 1 aromatic heterocycles. The van der Waals surface area contributed by atoms with Crippen LogP contribution < -0.4 is 4.90 Å². The number of aryl methyl sites for hydroxylation is 1. The molecule has 1 aliphatic heterocycles. The third-order valence-corrected chi connectivity index (χ3v) is 4.39. The van der Waals surface area contributed by atoms with Crippen LogP contribution in [0.3, 0.4) is 0 Å². The molecule has 1 aliphatic rings. The Balaban J connectivity index is 2.46. The quantitative estimate of drug-likeness (QED) is 0.475. The molecule has 0 aromatic carbocycles. The molecule has 0 saturated carbocycles. The third-order valence-electron chi connectivity index (χ3n) is 2.92. The maximum absolute atomic E-state index is 11.2. The number of hydrogen-bond donors (Lipinski definition) is 0. The molecule has 1 fully saturated rings. The first-order valence-electron chi connectivity index (χ1n) is 5.87. The lowest BCUT2D eigenvalue weighted by Crippen LogP contribution is -2.43. The van der Waals surface area contributed by atoms with Gasteiger partial charge in [-0.05, 0) is 32.4 Å². The number of anilines is 1. The molecule has 0 atom stereocenters. The standard InChI is InChI=1S/C11H15ClN4O2S/c1-7-8(16(17)18)9(14-10(12)13-7)15-4-5-19-11(2,3)6-15/h4-6H2,1-3H3. The van der Waals surface area contributed by atoms with Gasteiger partial charge < -0.3 is 4.90 Å². The van der Waals surface area contributed by atoms with Crippen molar-refractivity contribution >= 4 is 34.9 Å². The fraction of sp³-hybridized carbons (Fsp3) is 0.636. The molecule has 0 amide bonds. The van der Waals surface area contributed by atoms with E-state index in [1.807, 2.05) is 16.7 Å². The van der Waals surface area contributed by atoms with E-state index in [2.05, 4.69) is 23.8 Å². The third kappa shape index (κ3) is 3.09. The van der Waals surface area contributed by atoms with Gasteiger partial charge in [-0.15, -0.1) is 0 Å². The van der Waals surface area contributed by atoms with Gasteiger partial charge in [-0.1, -0.05) is 0 Å². The van der Waals surface area contributed by atoms with Crippen LogP contribution in [0.4, 0.5) is 11.5 Å². The van der Waals surface area contributed by atoms with Crippen LogP contribution in [0.15, 0.2) is 0 Å². The van der Waals surface area contributed by atoms with Crippen LogP contribution in [-0.4, -0.2) is 38.5 Å². The van der Waals surface area contributed by atoms with Crippen LogP contribution >= 0.6 is 23.4 Å². The second kappa shape index (κ2) is 5.13. The van der Waals surface area contributed by atoms with Crippen molar-refractivity contribution in [3.8, 4) is 0 Å². The van der Waals surface area contributed by atoms with Crippen molar-refractivity contribution in [2.45, 2.75) is 25.5 Å². The Morgan fingerprint density at radius 2 is 2.16 bits per heavy atom. The molecule has 2 rings (SSSR count). The highest BCUT2D eigenvalue weighted by molar-refractivity contribution is 8.00. The molecule has 2 heterocycles. The van der Waals surface area contributed by atoms with E-state index in [1.165, 1.54) is 0 Å². The van der Waals surface area contributed by atoms with E-state index in [0.717, 1.165) is 12.3 Å². The second-order valence-electron chi connectivity index (χ2n) is 5.04. The smallest absolute Gasteiger partial charge is 0.332 e. The van der Waals surface area contributed by atoms with E-state index in [0.29, 0.717) is 18.1 Å². The largest absolute Gasteiger partial charge is 0.349 e. The van der Waals surface area contributed by atoms with Crippen molar-refractivity contribution in [1.82, 2.24) is 9.97 Å². The first-order valence-corrected chi connectivity index (χ1v) is 7.24. The van der Waals surface area contributed by atoms with Crippen molar-refractivity contribution in [3.05, 3.63) is 21.1 Å². The number of nitrogens with zero attached hydrogens (tertiary/aromatic N) is 4. The van der Waals surface area contributed by atoms with E-state index in [1.54, 1.807) is 6.92 Å². The summed E-state index contributed by atoms with van der Waals surface area (Å²) in [6.45, 7) is 7.24. The molecule has 19 heavy (non-hydrogen) atoms. The number of rotatable bonds is 2. The number of thioether (sulfide) groups is 1. The van der Waals surface area contributed by atoms with Gasteiger partial charge in [0.2, 0.25) is 11.1 Å². The summed E-state index contributed by atoms with van der Waals surface area (Å²) in [5.41, 5.74) is 0.253. The molecule has 1 aromatic rings. The minimum atomic E-state index is -0.435. The molecule has 8 heteroatoms. The summed E-state index contributed by atoms with van der Waals surface area (Å²) in [6, 6.07) is 0. The highest BCUT2D eigenvalue weighted by Gasteiger charge is 2.33. The molecule has 0 spiro atoms. The predicted octanol–water partition coefficient (Wildman–Crippen LogP) is 2.68. The highest BCUT2D eigenvalue weighted by Crippen LogP contribution is 2.36. The molecule has 0 aliphatic carbocycles. The normalized spacial score (nSPS) is 18.4. The van der Waals surface area contributed by atoms with Crippen molar-refractivity contribution in [3.63, 3.8) is 0 Å². The summed E-state index contributed by atoms with van der Waals surface area (Å²) >= 11 is 7.69. The Hall–Kier alpha value is -1.08. The SMILES string of the molecule is Cc1nc(Cl)nc(N2CCSC(C)(C)C2)c1[N+](=O)[O-]. The van der Waals surface area contributed by atoms with Gasteiger partial charge in [0.05, 0.1) is 4.92 Å². The maximum atomic E-state index is 11.2. The zero-order chi connectivity index (χ0) is 14.2. The Morgan fingerprint density at radius 3 is 2.74 bits per heavy atom. The zero-order valence-corrected chi connectivity index (χ0v) is 12.6. The van der Waals surface area contributed by atoms with Gasteiger partial charge in [0.25, 0.3) is 0 Å². The monoisotopic (exact) mass is 302 g/mol. The molecule has 1 saturated heterocycles. The molecule has 0 bridgehead atoms. The van der Waals surface area contributed by atoms with Crippen LogP contribution in [0.1, 0.15) is 19.5 Å². The Labute approximate surface area is 120 Å². The lowest BCUT2D eigenvalue weighted by Gasteiger charge is -2.37. The Kier molecular flexibility index (Phi) is 3.87. The van der Waals surface area contributed by atoms with Gasteiger partial charge in [-0.2, -0.15) is 16.7 Å². The zero-order valence-electron chi connectivity index (χ0n) is 11.0. The fourth-order valence-corrected chi connectivity index (χ4v) is 3.47. The van der Waals surface area contributed by atoms with Crippen LogP contribution in [0.5, 0.6) is 0 Å². The van der Waals surface area contributed by atoms with Gasteiger partial charge >= 0.3 is 5.69 Å².